The Morgan fingerprint density at radius 3 is 1.48 bits per heavy atom. The molecular formula is C48H84NO7+. The van der Waals surface area contributed by atoms with Gasteiger partial charge in [0.2, 0.25) is 0 Å². The Bertz CT molecular complexity index is 1100. The molecule has 2 unspecified atom stereocenters. The van der Waals surface area contributed by atoms with Crippen molar-refractivity contribution in [2.45, 2.75) is 187 Å². The molecule has 0 fully saturated rings. The second-order valence-electron chi connectivity index (χ2n) is 15.9. The second kappa shape index (κ2) is 38.9. The van der Waals surface area contributed by atoms with Crippen LogP contribution < -0.4 is 0 Å². The zero-order valence-corrected chi connectivity index (χ0v) is 36.6. The fraction of sp³-hybridized carbons (Fsp3) is 0.729. The number of carbonyl (C=O) groups is 3. The number of carboxylic acids is 1. The van der Waals surface area contributed by atoms with Crippen molar-refractivity contribution in [1.29, 1.82) is 0 Å². The minimum absolute atomic E-state index is 0.0493. The van der Waals surface area contributed by atoms with E-state index in [0.29, 0.717) is 19.3 Å². The van der Waals surface area contributed by atoms with Gasteiger partial charge in [-0.2, -0.15) is 0 Å². The number of aliphatic carboxylic acids is 1. The normalized spacial score (nSPS) is 13.5. The van der Waals surface area contributed by atoms with Gasteiger partial charge < -0.3 is 23.8 Å². The molecule has 0 aromatic heterocycles. The first-order valence-electron chi connectivity index (χ1n) is 22.3. The van der Waals surface area contributed by atoms with Gasteiger partial charge in [0.15, 0.2) is 12.1 Å². The summed E-state index contributed by atoms with van der Waals surface area (Å²) in [4.78, 5) is 37.0. The summed E-state index contributed by atoms with van der Waals surface area (Å²) in [6, 6.07) is -0.621. The summed E-state index contributed by atoms with van der Waals surface area (Å²) < 4.78 is 17.3. The Balaban J connectivity index is 4.38. The van der Waals surface area contributed by atoms with Crippen molar-refractivity contribution in [1.82, 2.24) is 0 Å². The maximum Gasteiger partial charge on any atom is 0.362 e. The largest absolute Gasteiger partial charge is 0.477 e. The molecule has 0 aromatic carbocycles. The minimum Gasteiger partial charge on any atom is -0.477 e. The van der Waals surface area contributed by atoms with E-state index in [9.17, 15) is 19.5 Å². The van der Waals surface area contributed by atoms with E-state index >= 15 is 0 Å². The third-order valence-corrected chi connectivity index (χ3v) is 9.65. The first-order chi connectivity index (χ1) is 27.1. The average molecular weight is 787 g/mol. The predicted molar refractivity (Wildman–Crippen MR) is 234 cm³/mol. The molecule has 322 valence electrons. The van der Waals surface area contributed by atoms with Gasteiger partial charge in [-0.25, -0.2) is 4.79 Å². The Morgan fingerprint density at radius 1 is 0.554 bits per heavy atom. The molecule has 0 aliphatic heterocycles. The van der Waals surface area contributed by atoms with Crippen LogP contribution in [0.3, 0.4) is 0 Å². The van der Waals surface area contributed by atoms with E-state index in [1.165, 1.54) is 51.4 Å². The molecule has 0 saturated heterocycles. The number of hydrogen-bond acceptors (Lipinski definition) is 6. The topological polar surface area (TPSA) is 99.1 Å². The van der Waals surface area contributed by atoms with Crippen LogP contribution in [-0.2, 0) is 28.6 Å². The number of nitrogens with zero attached hydrogens (tertiary/aromatic N) is 1. The highest BCUT2D eigenvalue weighted by molar-refractivity contribution is 5.72. The predicted octanol–water partition coefficient (Wildman–Crippen LogP) is 12.2. The first-order valence-corrected chi connectivity index (χ1v) is 22.3. The molecule has 0 aliphatic carbocycles. The quantitative estimate of drug-likeness (QED) is 0.0287. The Hall–Kier alpha value is -2.97. The van der Waals surface area contributed by atoms with Gasteiger partial charge in [0.05, 0.1) is 34.4 Å². The molecule has 0 spiro atoms. The molecule has 0 aromatic rings. The van der Waals surface area contributed by atoms with E-state index < -0.39 is 18.1 Å². The smallest absolute Gasteiger partial charge is 0.362 e. The van der Waals surface area contributed by atoms with Gasteiger partial charge in [0, 0.05) is 19.3 Å². The summed E-state index contributed by atoms with van der Waals surface area (Å²) in [5, 5.41) is 9.62. The Labute approximate surface area is 343 Å². The van der Waals surface area contributed by atoms with E-state index in [1.807, 2.05) is 21.1 Å². The van der Waals surface area contributed by atoms with Crippen LogP contribution in [0.15, 0.2) is 60.8 Å². The summed E-state index contributed by atoms with van der Waals surface area (Å²) in [5.41, 5.74) is 0. The van der Waals surface area contributed by atoms with Crippen LogP contribution in [0.5, 0.6) is 0 Å². The van der Waals surface area contributed by atoms with Crippen LogP contribution >= 0.6 is 0 Å². The van der Waals surface area contributed by atoms with Crippen LogP contribution in [0.25, 0.3) is 0 Å². The molecule has 2 atom stereocenters. The number of unbranched alkanes of at least 4 members (excludes halogenated alkanes) is 15. The van der Waals surface area contributed by atoms with Gasteiger partial charge in [-0.3, -0.25) is 9.59 Å². The number of quaternary nitrogens is 1. The van der Waals surface area contributed by atoms with Crippen molar-refractivity contribution in [3.05, 3.63) is 60.8 Å². The number of hydrogen-bond donors (Lipinski definition) is 1. The van der Waals surface area contributed by atoms with Gasteiger partial charge >= 0.3 is 17.9 Å². The fourth-order valence-electron chi connectivity index (χ4n) is 6.19. The molecule has 0 rings (SSSR count). The first kappa shape index (κ1) is 53.0. The van der Waals surface area contributed by atoms with Crippen molar-refractivity contribution >= 4 is 17.9 Å². The number of rotatable bonds is 39. The molecule has 0 radical (unpaired) electrons. The fourth-order valence-corrected chi connectivity index (χ4v) is 6.19. The Kier molecular flexibility index (Phi) is 36.8. The van der Waals surface area contributed by atoms with Crippen molar-refractivity contribution in [2.24, 2.45) is 0 Å². The highest BCUT2D eigenvalue weighted by Crippen LogP contribution is 2.13. The van der Waals surface area contributed by atoms with Crippen LogP contribution in [0, 0.1) is 0 Å². The van der Waals surface area contributed by atoms with Crippen LogP contribution in [0.2, 0.25) is 0 Å². The highest BCUT2D eigenvalue weighted by atomic mass is 16.6. The van der Waals surface area contributed by atoms with E-state index in [0.717, 1.165) is 89.9 Å². The van der Waals surface area contributed by atoms with Crippen LogP contribution in [0.1, 0.15) is 174 Å². The zero-order valence-electron chi connectivity index (χ0n) is 36.6. The van der Waals surface area contributed by atoms with Crippen LogP contribution in [0.4, 0.5) is 0 Å². The maximum atomic E-state index is 12.7. The standard InChI is InChI=1S/C48H83NO7/c1-6-8-10-12-14-16-18-20-22-23-25-26-28-30-32-34-36-38-46(50)55-43-44(42-54-41-40-45(48(52)53)49(3,4)5)56-47(51)39-37-35-33-31-29-27-24-21-19-17-15-13-11-9-7-2/h9,11,14-17,20-22,24,44-45H,6-8,10,12-13,18-19,23,25-43H2,1-5H3/p+1/b11-9-,16-14-,17-15-,22-20-,24-21-. The average Bonchev–Trinajstić information content (AvgIpc) is 3.15. The number of likely N-dealkylation sites (N-methyl/N-ethyl adjacent to an activating group) is 1. The number of allylic oxidation sites excluding steroid dienone is 10. The van der Waals surface area contributed by atoms with Crippen molar-refractivity contribution < 1.29 is 38.2 Å². The molecule has 0 amide bonds. The van der Waals surface area contributed by atoms with Crippen molar-refractivity contribution in [3.63, 3.8) is 0 Å². The van der Waals surface area contributed by atoms with E-state index in [4.69, 9.17) is 14.2 Å². The molecule has 0 bridgehead atoms. The summed E-state index contributed by atoms with van der Waals surface area (Å²) in [7, 11) is 5.51. The number of carboxylic acid groups (broad SMARTS) is 1. The molecule has 8 nitrogen and oxygen atoms in total. The Morgan fingerprint density at radius 2 is 1.00 bits per heavy atom. The molecule has 0 aliphatic rings. The lowest BCUT2D eigenvalue weighted by Crippen LogP contribution is -2.50. The molecule has 0 saturated carbocycles. The van der Waals surface area contributed by atoms with Gasteiger partial charge in [-0.05, 0) is 77.0 Å². The van der Waals surface area contributed by atoms with Crippen molar-refractivity contribution in [3.8, 4) is 0 Å². The summed E-state index contributed by atoms with van der Waals surface area (Å²) in [6.45, 7) is 4.57. The third-order valence-electron chi connectivity index (χ3n) is 9.65. The summed E-state index contributed by atoms with van der Waals surface area (Å²) in [5.74, 6) is -1.50. The summed E-state index contributed by atoms with van der Waals surface area (Å²) >= 11 is 0. The molecular weight excluding hydrogens is 703 g/mol. The number of carbonyl (C=O) groups excluding carboxylic acids is 2. The molecule has 1 N–H and O–H groups in total. The van der Waals surface area contributed by atoms with E-state index in [1.54, 1.807) is 0 Å². The number of esters is 2. The van der Waals surface area contributed by atoms with Gasteiger partial charge in [-0.15, -0.1) is 0 Å². The molecule has 8 heteroatoms. The SMILES string of the molecule is CC/C=C\C/C=C\C/C=C\CCCCCCCC(=O)OC(COCCC(C(=O)O)[N+](C)(C)C)COC(=O)CCCCCCCCC/C=C\C/C=C\CCCCC. The third kappa shape index (κ3) is 36.7. The van der Waals surface area contributed by atoms with Gasteiger partial charge in [0.1, 0.15) is 6.61 Å². The van der Waals surface area contributed by atoms with Crippen molar-refractivity contribution in [2.75, 3.05) is 41.0 Å². The lowest BCUT2D eigenvalue weighted by Gasteiger charge is -2.31. The highest BCUT2D eigenvalue weighted by Gasteiger charge is 2.31. The van der Waals surface area contributed by atoms with Gasteiger partial charge in [-0.1, -0.05) is 139 Å². The minimum atomic E-state index is -0.881. The monoisotopic (exact) mass is 787 g/mol. The maximum absolute atomic E-state index is 12.7. The van der Waals surface area contributed by atoms with Gasteiger partial charge in [0.25, 0.3) is 0 Å². The lowest BCUT2D eigenvalue weighted by atomic mass is 10.1. The molecule has 56 heavy (non-hydrogen) atoms. The number of ether oxygens (including phenoxy) is 3. The summed E-state index contributed by atoms with van der Waals surface area (Å²) in [6.07, 6.45) is 46.8. The lowest BCUT2D eigenvalue weighted by molar-refractivity contribution is -0.887. The van der Waals surface area contributed by atoms with E-state index in [2.05, 4.69) is 74.6 Å². The van der Waals surface area contributed by atoms with Crippen LogP contribution in [-0.4, -0.2) is 80.6 Å². The van der Waals surface area contributed by atoms with E-state index in [-0.39, 0.29) is 36.2 Å². The second-order valence-corrected chi connectivity index (χ2v) is 15.9. The zero-order chi connectivity index (χ0) is 41.4. The molecule has 0 heterocycles.